The van der Waals surface area contributed by atoms with E-state index in [-0.39, 0.29) is 6.79 Å². The number of primary amides is 1. The second-order valence-corrected chi connectivity index (χ2v) is 3.49. The van der Waals surface area contributed by atoms with E-state index in [4.69, 9.17) is 15.2 Å². The van der Waals surface area contributed by atoms with Gasteiger partial charge in [-0.1, -0.05) is 0 Å². The van der Waals surface area contributed by atoms with Crippen LogP contribution in [0.1, 0.15) is 10.4 Å². The zero-order valence-electron chi connectivity index (χ0n) is 8.27. The summed E-state index contributed by atoms with van der Waals surface area (Å²) in [6.45, 7) is 0.217. The molecule has 3 rings (SSSR count). The first-order chi connectivity index (χ1) is 7.74. The maximum absolute atomic E-state index is 11.0. The molecule has 1 amide bonds. The van der Waals surface area contributed by atoms with Gasteiger partial charge in [0, 0.05) is 17.6 Å². The summed E-state index contributed by atoms with van der Waals surface area (Å²) in [5.74, 6) is 0.842. The molecule has 5 nitrogen and oxygen atoms in total. The Labute approximate surface area is 90.8 Å². The van der Waals surface area contributed by atoms with E-state index < -0.39 is 5.91 Å². The summed E-state index contributed by atoms with van der Waals surface area (Å²) in [5, 5.41) is 0.806. The Morgan fingerprint density at radius 2 is 2.00 bits per heavy atom. The fourth-order valence-electron chi connectivity index (χ4n) is 1.65. The van der Waals surface area contributed by atoms with Crippen molar-refractivity contribution in [1.29, 1.82) is 0 Å². The van der Waals surface area contributed by atoms with E-state index in [1.807, 2.05) is 0 Å². The first-order valence-corrected chi connectivity index (χ1v) is 4.73. The fraction of sp³-hybridized carbons (Fsp3) is 0.0909. The van der Waals surface area contributed by atoms with E-state index in [1.165, 1.54) is 6.20 Å². The van der Waals surface area contributed by atoms with Gasteiger partial charge in [-0.2, -0.15) is 0 Å². The fourth-order valence-corrected chi connectivity index (χ4v) is 1.65. The molecule has 1 aliphatic heterocycles. The molecule has 80 valence electrons. The highest BCUT2D eigenvalue weighted by molar-refractivity contribution is 5.96. The zero-order valence-corrected chi connectivity index (χ0v) is 8.27. The molecule has 0 fully saturated rings. The van der Waals surface area contributed by atoms with Crippen LogP contribution < -0.4 is 15.2 Å². The van der Waals surface area contributed by atoms with Crippen molar-refractivity contribution in [1.82, 2.24) is 4.98 Å². The van der Waals surface area contributed by atoms with Gasteiger partial charge in [0.25, 0.3) is 0 Å². The van der Waals surface area contributed by atoms with E-state index in [0.29, 0.717) is 17.1 Å². The highest BCUT2D eigenvalue weighted by Gasteiger charge is 2.15. The quantitative estimate of drug-likeness (QED) is 0.773. The predicted molar refractivity (Wildman–Crippen MR) is 56.4 cm³/mol. The lowest BCUT2D eigenvalue weighted by Crippen LogP contribution is -2.10. The number of hydrogen-bond acceptors (Lipinski definition) is 4. The van der Waals surface area contributed by atoms with Crippen molar-refractivity contribution in [2.75, 3.05) is 6.79 Å². The second kappa shape index (κ2) is 3.10. The number of pyridine rings is 1. The van der Waals surface area contributed by atoms with Crippen LogP contribution in [0.5, 0.6) is 11.5 Å². The summed E-state index contributed by atoms with van der Waals surface area (Å²) >= 11 is 0. The van der Waals surface area contributed by atoms with E-state index in [1.54, 1.807) is 18.2 Å². The summed E-state index contributed by atoms with van der Waals surface area (Å²) < 4.78 is 10.5. The lowest BCUT2D eigenvalue weighted by atomic mass is 10.1. The first kappa shape index (κ1) is 8.96. The predicted octanol–water partition coefficient (Wildman–Crippen LogP) is 1.06. The molecular weight excluding hydrogens is 208 g/mol. The average molecular weight is 216 g/mol. The number of aromatic nitrogens is 1. The van der Waals surface area contributed by atoms with Gasteiger partial charge in [-0.05, 0) is 12.1 Å². The number of rotatable bonds is 1. The summed E-state index contributed by atoms with van der Waals surface area (Å²) in [6, 6.07) is 5.26. The first-order valence-electron chi connectivity index (χ1n) is 4.73. The van der Waals surface area contributed by atoms with Gasteiger partial charge in [-0.25, -0.2) is 0 Å². The Kier molecular flexibility index (Phi) is 1.73. The van der Waals surface area contributed by atoms with Crippen molar-refractivity contribution < 1.29 is 14.3 Å². The topological polar surface area (TPSA) is 74.4 Å². The Morgan fingerprint density at radius 3 is 2.75 bits per heavy atom. The lowest BCUT2D eigenvalue weighted by Gasteiger charge is -2.01. The summed E-state index contributed by atoms with van der Waals surface area (Å²) in [5.41, 5.74) is 6.31. The zero-order chi connectivity index (χ0) is 11.1. The molecule has 0 saturated heterocycles. The third-order valence-corrected chi connectivity index (χ3v) is 2.46. The molecule has 1 aromatic heterocycles. The highest BCUT2D eigenvalue weighted by Crippen LogP contribution is 2.35. The van der Waals surface area contributed by atoms with Crippen LogP contribution in [-0.2, 0) is 0 Å². The number of carbonyl (C=O) groups is 1. The Balaban J connectivity index is 2.24. The van der Waals surface area contributed by atoms with Crippen LogP contribution in [0.3, 0.4) is 0 Å². The van der Waals surface area contributed by atoms with Gasteiger partial charge >= 0.3 is 0 Å². The van der Waals surface area contributed by atoms with E-state index in [0.717, 1.165) is 10.9 Å². The maximum atomic E-state index is 11.0. The molecule has 1 aromatic carbocycles. The Hall–Kier alpha value is -2.30. The molecule has 16 heavy (non-hydrogen) atoms. The maximum Gasteiger partial charge on any atom is 0.250 e. The Morgan fingerprint density at radius 1 is 1.25 bits per heavy atom. The third kappa shape index (κ3) is 1.25. The number of nitrogens with two attached hydrogens (primary N) is 1. The van der Waals surface area contributed by atoms with Crippen molar-refractivity contribution in [2.24, 2.45) is 5.73 Å². The molecule has 0 bridgehead atoms. The minimum atomic E-state index is -0.493. The van der Waals surface area contributed by atoms with Crippen LogP contribution in [-0.4, -0.2) is 17.7 Å². The number of benzene rings is 1. The molecule has 5 heteroatoms. The molecule has 0 unspecified atom stereocenters. The number of hydrogen-bond donors (Lipinski definition) is 1. The van der Waals surface area contributed by atoms with Crippen molar-refractivity contribution in [3.63, 3.8) is 0 Å². The number of ether oxygens (including phenoxy) is 2. The molecular formula is C11H8N2O3. The molecule has 0 saturated carbocycles. The van der Waals surface area contributed by atoms with Gasteiger partial charge in [0.1, 0.15) is 0 Å². The van der Waals surface area contributed by atoms with E-state index in [9.17, 15) is 4.79 Å². The van der Waals surface area contributed by atoms with E-state index >= 15 is 0 Å². The van der Waals surface area contributed by atoms with Crippen LogP contribution in [0.2, 0.25) is 0 Å². The van der Waals surface area contributed by atoms with Crippen molar-refractivity contribution in [2.45, 2.75) is 0 Å². The lowest BCUT2D eigenvalue weighted by molar-refractivity contribution is 0.1000. The molecule has 0 spiro atoms. The molecule has 2 aromatic rings. The number of amides is 1. The summed E-state index contributed by atoms with van der Waals surface area (Å²) in [4.78, 5) is 15.1. The van der Waals surface area contributed by atoms with Gasteiger partial charge in [0.05, 0.1) is 11.1 Å². The molecule has 0 radical (unpaired) electrons. The molecule has 0 atom stereocenters. The monoisotopic (exact) mass is 216 g/mol. The normalized spacial score (nSPS) is 13.0. The van der Waals surface area contributed by atoms with Gasteiger partial charge in [-0.3, -0.25) is 9.78 Å². The van der Waals surface area contributed by atoms with Gasteiger partial charge in [0.15, 0.2) is 11.5 Å². The average Bonchev–Trinajstić information content (AvgIpc) is 2.71. The number of carbonyl (C=O) groups excluding carboxylic acids is 1. The standard InChI is InChI=1S/C11H8N2O3/c12-11(14)7-1-6-2-9-10(16-5-15-9)3-8(6)13-4-7/h1-4H,5H2,(H2,12,14). The second-order valence-electron chi connectivity index (χ2n) is 3.49. The molecule has 0 aliphatic carbocycles. The Bertz CT molecular complexity index is 595. The van der Waals surface area contributed by atoms with Crippen LogP contribution in [0.25, 0.3) is 10.9 Å². The van der Waals surface area contributed by atoms with Gasteiger partial charge < -0.3 is 15.2 Å². The van der Waals surface area contributed by atoms with Crippen LogP contribution >= 0.6 is 0 Å². The largest absolute Gasteiger partial charge is 0.454 e. The molecule has 2 heterocycles. The van der Waals surface area contributed by atoms with E-state index in [2.05, 4.69) is 4.98 Å². The summed E-state index contributed by atoms with van der Waals surface area (Å²) in [6.07, 6.45) is 1.45. The van der Waals surface area contributed by atoms with Crippen molar-refractivity contribution in [3.8, 4) is 11.5 Å². The summed E-state index contributed by atoms with van der Waals surface area (Å²) in [7, 11) is 0. The molecule has 2 N–H and O–H groups in total. The van der Waals surface area contributed by atoms with Crippen LogP contribution in [0.4, 0.5) is 0 Å². The third-order valence-electron chi connectivity index (χ3n) is 2.46. The van der Waals surface area contributed by atoms with Crippen molar-refractivity contribution in [3.05, 3.63) is 30.0 Å². The number of nitrogens with zero attached hydrogens (tertiary/aromatic N) is 1. The van der Waals surface area contributed by atoms with Crippen LogP contribution in [0.15, 0.2) is 24.4 Å². The minimum Gasteiger partial charge on any atom is -0.454 e. The van der Waals surface area contributed by atoms with Crippen molar-refractivity contribution >= 4 is 16.8 Å². The molecule has 1 aliphatic rings. The van der Waals surface area contributed by atoms with Crippen LogP contribution in [0, 0.1) is 0 Å². The number of fused-ring (bicyclic) bond motifs is 2. The highest BCUT2D eigenvalue weighted by atomic mass is 16.7. The minimum absolute atomic E-state index is 0.217. The smallest absolute Gasteiger partial charge is 0.250 e. The SMILES string of the molecule is NC(=O)c1cnc2cc3c(cc2c1)OCO3. The van der Waals surface area contributed by atoms with Gasteiger partial charge in [0.2, 0.25) is 12.7 Å². The van der Waals surface area contributed by atoms with Gasteiger partial charge in [-0.15, -0.1) is 0 Å².